The van der Waals surface area contributed by atoms with E-state index in [1.165, 1.54) is 43.5 Å². The van der Waals surface area contributed by atoms with Crippen LogP contribution in [0.4, 0.5) is 16.9 Å². The van der Waals surface area contributed by atoms with Crippen molar-refractivity contribution in [2.45, 2.75) is 25.7 Å². The van der Waals surface area contributed by atoms with Crippen LogP contribution in [0.2, 0.25) is 0 Å². The lowest BCUT2D eigenvalue weighted by atomic mass is 9.79. The molecule has 0 bridgehead atoms. The Kier molecular flexibility index (Phi) is 5.57. The van der Waals surface area contributed by atoms with E-state index in [1.54, 1.807) is 6.07 Å². The summed E-state index contributed by atoms with van der Waals surface area (Å²) >= 11 is 1.50. The Labute approximate surface area is 170 Å². The van der Waals surface area contributed by atoms with E-state index in [0.29, 0.717) is 5.69 Å². The fraction of sp³-hybridized carbons (Fsp3) is 0.632. The van der Waals surface area contributed by atoms with Gasteiger partial charge in [0.15, 0.2) is 0 Å². The summed E-state index contributed by atoms with van der Waals surface area (Å²) in [6.45, 7) is 4.17. The zero-order valence-corrected chi connectivity index (χ0v) is 17.3. The zero-order valence-electron chi connectivity index (χ0n) is 16.5. The smallest absolute Gasteiger partial charge is 0.238 e. The predicted octanol–water partition coefficient (Wildman–Crippen LogP) is 2.40. The largest absolute Gasteiger partial charge is 0.356 e. The molecule has 0 amide bonds. The minimum Gasteiger partial charge on any atom is -0.356 e. The molecule has 2 aromatic heterocycles. The van der Waals surface area contributed by atoms with Crippen molar-refractivity contribution in [1.82, 2.24) is 19.3 Å². The molecule has 4 rings (SSSR count). The van der Waals surface area contributed by atoms with E-state index < -0.39 is 0 Å². The first-order chi connectivity index (χ1) is 13.6. The average Bonchev–Trinajstić information content (AvgIpc) is 3.25. The molecule has 4 heterocycles. The van der Waals surface area contributed by atoms with Gasteiger partial charge in [0.05, 0.1) is 0 Å². The van der Waals surface area contributed by atoms with Crippen molar-refractivity contribution in [1.29, 1.82) is 5.26 Å². The lowest BCUT2D eigenvalue weighted by molar-refractivity contribution is 0.232. The molecule has 0 aromatic carbocycles. The van der Waals surface area contributed by atoms with E-state index in [1.807, 2.05) is 19.0 Å². The molecule has 2 saturated heterocycles. The lowest BCUT2D eigenvalue weighted by Crippen LogP contribution is -2.41. The van der Waals surface area contributed by atoms with E-state index in [-0.39, 0.29) is 0 Å². The highest BCUT2D eigenvalue weighted by Gasteiger charge is 2.31. The van der Waals surface area contributed by atoms with Gasteiger partial charge in [0, 0.05) is 57.9 Å². The summed E-state index contributed by atoms with van der Waals surface area (Å²) in [7, 11) is 3.96. The number of rotatable bonds is 4. The number of piperidine rings is 2. The Morgan fingerprint density at radius 2 is 1.68 bits per heavy atom. The molecule has 0 spiro atoms. The first-order valence-corrected chi connectivity index (χ1v) is 10.6. The van der Waals surface area contributed by atoms with Crippen molar-refractivity contribution in [2.75, 3.05) is 55.0 Å². The summed E-state index contributed by atoms with van der Waals surface area (Å²) in [6.07, 6.45) is 6.34. The molecule has 0 saturated carbocycles. The Morgan fingerprint density at radius 3 is 2.25 bits per heavy atom. The maximum absolute atomic E-state index is 9.03. The van der Waals surface area contributed by atoms with Crippen molar-refractivity contribution in [3.8, 4) is 6.07 Å². The maximum Gasteiger partial charge on any atom is 0.238 e. The van der Waals surface area contributed by atoms with Gasteiger partial charge in [-0.25, -0.2) is 9.97 Å². The molecule has 2 aliphatic heterocycles. The number of hydrogen-bond donors (Lipinski definition) is 0. The number of nitrogens with zero attached hydrogens (tertiary/aromatic N) is 8. The molecule has 28 heavy (non-hydrogen) atoms. The monoisotopic (exact) mass is 398 g/mol. The Balaban J connectivity index is 1.28. The van der Waals surface area contributed by atoms with Crippen LogP contribution in [-0.2, 0) is 0 Å². The van der Waals surface area contributed by atoms with E-state index in [0.717, 1.165) is 54.9 Å². The van der Waals surface area contributed by atoms with Crippen LogP contribution in [0.25, 0.3) is 0 Å². The third kappa shape index (κ3) is 4.02. The quantitative estimate of drug-likeness (QED) is 0.776. The second-order valence-electron chi connectivity index (χ2n) is 7.79. The maximum atomic E-state index is 9.03. The van der Waals surface area contributed by atoms with Crippen LogP contribution >= 0.6 is 11.5 Å². The summed E-state index contributed by atoms with van der Waals surface area (Å²) in [5.74, 6) is 3.26. The van der Waals surface area contributed by atoms with E-state index in [2.05, 4.69) is 35.2 Å². The summed E-state index contributed by atoms with van der Waals surface area (Å²) in [4.78, 5) is 19.6. The van der Waals surface area contributed by atoms with Gasteiger partial charge in [-0.1, -0.05) is 0 Å². The van der Waals surface area contributed by atoms with E-state index >= 15 is 0 Å². The number of hydrogen-bond acceptors (Lipinski definition) is 9. The molecule has 2 fully saturated rings. The van der Waals surface area contributed by atoms with Crippen LogP contribution in [0.1, 0.15) is 31.4 Å². The second kappa shape index (κ2) is 8.27. The first-order valence-electron chi connectivity index (χ1n) is 9.87. The van der Waals surface area contributed by atoms with E-state index in [4.69, 9.17) is 5.26 Å². The molecular formula is C19H26N8S. The summed E-state index contributed by atoms with van der Waals surface area (Å²) in [6, 6.07) is 3.89. The summed E-state index contributed by atoms with van der Waals surface area (Å²) < 4.78 is 4.43. The van der Waals surface area contributed by atoms with Crippen LogP contribution in [-0.4, -0.2) is 59.6 Å². The molecule has 0 radical (unpaired) electrons. The third-order valence-electron chi connectivity index (χ3n) is 5.91. The van der Waals surface area contributed by atoms with Crippen LogP contribution in [0, 0.1) is 23.2 Å². The van der Waals surface area contributed by atoms with Gasteiger partial charge < -0.3 is 14.7 Å². The molecule has 2 aliphatic rings. The summed E-state index contributed by atoms with van der Waals surface area (Å²) in [5.41, 5.74) is 0.439. The van der Waals surface area contributed by atoms with Gasteiger partial charge in [-0.3, -0.25) is 0 Å². The third-order valence-corrected chi connectivity index (χ3v) is 6.68. The predicted molar refractivity (Wildman–Crippen MR) is 111 cm³/mol. The fourth-order valence-corrected chi connectivity index (χ4v) is 5.05. The van der Waals surface area contributed by atoms with Crippen LogP contribution < -0.4 is 14.7 Å². The Morgan fingerprint density at radius 1 is 1.04 bits per heavy atom. The molecule has 2 aromatic rings. The van der Waals surface area contributed by atoms with E-state index in [9.17, 15) is 0 Å². The zero-order chi connectivity index (χ0) is 19.5. The van der Waals surface area contributed by atoms with Crippen molar-refractivity contribution < 1.29 is 0 Å². The van der Waals surface area contributed by atoms with Gasteiger partial charge in [-0.15, -0.1) is 0 Å². The molecule has 9 heteroatoms. The van der Waals surface area contributed by atoms with Crippen LogP contribution in [0.5, 0.6) is 0 Å². The molecule has 8 nitrogen and oxygen atoms in total. The van der Waals surface area contributed by atoms with Crippen LogP contribution in [0.15, 0.2) is 12.4 Å². The fourth-order valence-electron chi connectivity index (χ4n) is 4.26. The Hall–Kier alpha value is -2.47. The van der Waals surface area contributed by atoms with Crippen molar-refractivity contribution in [2.24, 2.45) is 11.8 Å². The van der Waals surface area contributed by atoms with Crippen molar-refractivity contribution in [3.63, 3.8) is 0 Å². The number of nitriles is 1. The molecule has 148 valence electrons. The highest BCUT2D eigenvalue weighted by Crippen LogP contribution is 2.35. The molecule has 0 N–H and O–H groups in total. The number of aromatic nitrogens is 4. The highest BCUT2D eigenvalue weighted by molar-refractivity contribution is 7.09. The van der Waals surface area contributed by atoms with Crippen molar-refractivity contribution in [3.05, 3.63) is 18.1 Å². The summed E-state index contributed by atoms with van der Waals surface area (Å²) in [5, 5.41) is 10.1. The van der Waals surface area contributed by atoms with Gasteiger partial charge in [-0.2, -0.15) is 14.6 Å². The molecule has 0 atom stereocenters. The SMILES string of the molecule is CN(C)c1nsc(N2CCC(C3CCN(c4cc(C#N)ncn4)CC3)CC2)n1. The van der Waals surface area contributed by atoms with Gasteiger partial charge in [0.1, 0.15) is 23.9 Å². The van der Waals surface area contributed by atoms with Gasteiger partial charge in [-0.05, 0) is 37.5 Å². The first kappa shape index (κ1) is 18.9. The standard InChI is InChI=1S/C19H26N8S/c1-25(2)18-23-19(28-24-18)27-9-5-15(6-10-27)14-3-7-26(8-4-14)17-11-16(12-20)21-13-22-17/h11,13-15H,3-10H2,1-2H3. The van der Waals surface area contributed by atoms with Crippen molar-refractivity contribution >= 4 is 28.4 Å². The molecule has 0 aliphatic carbocycles. The second-order valence-corrected chi connectivity index (χ2v) is 8.52. The topological polar surface area (TPSA) is 85.1 Å². The minimum atomic E-state index is 0.439. The highest BCUT2D eigenvalue weighted by atomic mass is 32.1. The van der Waals surface area contributed by atoms with Gasteiger partial charge >= 0.3 is 0 Å². The normalized spacial score (nSPS) is 18.9. The van der Waals surface area contributed by atoms with Gasteiger partial charge in [0.25, 0.3) is 0 Å². The molecular weight excluding hydrogens is 372 g/mol. The number of anilines is 3. The Bertz CT molecular complexity index is 828. The van der Waals surface area contributed by atoms with Gasteiger partial charge in [0.2, 0.25) is 11.1 Å². The average molecular weight is 399 g/mol. The van der Waals surface area contributed by atoms with Crippen LogP contribution in [0.3, 0.4) is 0 Å². The lowest BCUT2D eigenvalue weighted by Gasteiger charge is -2.40. The molecule has 0 unspecified atom stereocenters. The minimum absolute atomic E-state index is 0.439.